The number of methoxy groups -OCH3 is 1. The number of hydrogen-bond donors (Lipinski definition) is 2. The van der Waals surface area contributed by atoms with Crippen molar-refractivity contribution in [3.05, 3.63) is 18.2 Å². The van der Waals surface area contributed by atoms with E-state index in [0.717, 1.165) is 5.69 Å². The van der Waals surface area contributed by atoms with Crippen LogP contribution in [0.3, 0.4) is 0 Å². The van der Waals surface area contributed by atoms with Crippen LogP contribution in [0.15, 0.2) is 12.5 Å². The smallest absolute Gasteiger partial charge is 0.328 e. The number of esters is 1. The average Bonchev–Trinajstić information content (AvgIpc) is 2.86. The van der Waals surface area contributed by atoms with Crippen LogP contribution >= 0.6 is 11.8 Å². The molecule has 1 amide bonds. The number of ether oxygens (including phenoxy) is 1. The molecular weight excluding hydrogens is 278 g/mol. The summed E-state index contributed by atoms with van der Waals surface area (Å²) >= 11 is 1.53. The van der Waals surface area contributed by atoms with Gasteiger partial charge in [-0.3, -0.25) is 4.79 Å². The second kappa shape index (κ2) is 7.33. The van der Waals surface area contributed by atoms with Crippen molar-refractivity contribution >= 4 is 23.6 Å². The summed E-state index contributed by atoms with van der Waals surface area (Å²) < 4.78 is 4.71. The monoisotopic (exact) mass is 299 g/mol. The molecule has 1 heterocycles. The van der Waals surface area contributed by atoms with E-state index in [2.05, 4.69) is 15.3 Å². The zero-order valence-electron chi connectivity index (χ0n) is 12.2. The van der Waals surface area contributed by atoms with Gasteiger partial charge in [-0.2, -0.15) is 0 Å². The maximum atomic E-state index is 11.9. The Morgan fingerprint density at radius 2 is 2.20 bits per heavy atom. The van der Waals surface area contributed by atoms with Crippen LogP contribution in [0.1, 0.15) is 26.5 Å². The standard InChI is InChI=1S/C13H21N3O3S/c1-13(2,3)20-7-11(17)16-10(12(18)19-4)5-9-6-14-8-15-9/h6,8,10H,5,7H2,1-4H3,(H,14,15)(H,16,17)/t10-/m0/s1. The fraction of sp³-hybridized carbons (Fsp3) is 0.615. The van der Waals surface area contributed by atoms with Crippen molar-refractivity contribution < 1.29 is 14.3 Å². The van der Waals surface area contributed by atoms with Gasteiger partial charge in [0.25, 0.3) is 0 Å². The Morgan fingerprint density at radius 1 is 1.50 bits per heavy atom. The summed E-state index contributed by atoms with van der Waals surface area (Å²) in [4.78, 5) is 30.4. The third-order valence-electron chi connectivity index (χ3n) is 2.44. The molecule has 20 heavy (non-hydrogen) atoms. The molecule has 112 valence electrons. The molecule has 0 saturated heterocycles. The molecule has 1 aromatic rings. The summed E-state index contributed by atoms with van der Waals surface area (Å²) in [6.45, 7) is 6.11. The zero-order valence-corrected chi connectivity index (χ0v) is 13.0. The number of imidazole rings is 1. The van der Waals surface area contributed by atoms with Crippen molar-refractivity contribution in [1.29, 1.82) is 0 Å². The highest BCUT2D eigenvalue weighted by Crippen LogP contribution is 2.22. The van der Waals surface area contributed by atoms with Gasteiger partial charge in [0.15, 0.2) is 0 Å². The number of nitrogens with one attached hydrogen (secondary N) is 2. The van der Waals surface area contributed by atoms with E-state index in [1.165, 1.54) is 25.2 Å². The quantitative estimate of drug-likeness (QED) is 0.770. The Hall–Kier alpha value is -1.50. The van der Waals surface area contributed by atoms with Crippen molar-refractivity contribution in [3.63, 3.8) is 0 Å². The first-order valence-electron chi connectivity index (χ1n) is 6.30. The summed E-state index contributed by atoms with van der Waals surface area (Å²) in [5.41, 5.74) is 0.768. The van der Waals surface area contributed by atoms with E-state index >= 15 is 0 Å². The summed E-state index contributed by atoms with van der Waals surface area (Å²) in [6, 6.07) is -0.700. The van der Waals surface area contributed by atoms with Crippen molar-refractivity contribution in [2.24, 2.45) is 0 Å². The van der Waals surface area contributed by atoms with E-state index < -0.39 is 12.0 Å². The van der Waals surface area contributed by atoms with Gasteiger partial charge in [0, 0.05) is 23.1 Å². The maximum Gasteiger partial charge on any atom is 0.328 e. The van der Waals surface area contributed by atoms with E-state index in [1.807, 2.05) is 20.8 Å². The van der Waals surface area contributed by atoms with Crippen LogP contribution in [0, 0.1) is 0 Å². The van der Waals surface area contributed by atoms with E-state index in [-0.39, 0.29) is 10.7 Å². The van der Waals surface area contributed by atoms with Crippen LogP contribution in [-0.2, 0) is 20.7 Å². The summed E-state index contributed by atoms with van der Waals surface area (Å²) in [7, 11) is 1.30. The molecule has 0 bridgehead atoms. The molecule has 0 aliphatic heterocycles. The Kier molecular flexibility index (Phi) is 6.06. The lowest BCUT2D eigenvalue weighted by molar-refractivity contribution is -0.144. The van der Waals surface area contributed by atoms with Gasteiger partial charge < -0.3 is 15.0 Å². The van der Waals surface area contributed by atoms with Gasteiger partial charge in [0.05, 0.1) is 19.2 Å². The van der Waals surface area contributed by atoms with Crippen LogP contribution in [0.4, 0.5) is 0 Å². The second-order valence-electron chi connectivity index (χ2n) is 5.33. The van der Waals surface area contributed by atoms with Crippen LogP contribution in [0.2, 0.25) is 0 Å². The van der Waals surface area contributed by atoms with Gasteiger partial charge >= 0.3 is 5.97 Å². The normalized spacial score (nSPS) is 12.8. The number of nitrogens with zero attached hydrogens (tertiary/aromatic N) is 1. The molecule has 0 radical (unpaired) electrons. The SMILES string of the molecule is COC(=O)[C@H](Cc1cnc[nH]1)NC(=O)CSC(C)(C)C. The topological polar surface area (TPSA) is 84.1 Å². The number of aromatic amines is 1. The predicted molar refractivity (Wildman–Crippen MR) is 78.4 cm³/mol. The maximum absolute atomic E-state index is 11.9. The van der Waals surface area contributed by atoms with Gasteiger partial charge in [0.1, 0.15) is 6.04 Å². The van der Waals surface area contributed by atoms with E-state index in [4.69, 9.17) is 4.74 Å². The molecule has 0 saturated carbocycles. The molecule has 1 rings (SSSR count). The second-order valence-corrected chi connectivity index (χ2v) is 7.13. The highest BCUT2D eigenvalue weighted by atomic mass is 32.2. The molecular formula is C13H21N3O3S. The number of aromatic nitrogens is 2. The highest BCUT2D eigenvalue weighted by molar-refractivity contribution is 8.01. The first-order chi connectivity index (χ1) is 9.31. The van der Waals surface area contributed by atoms with Gasteiger partial charge in [-0.1, -0.05) is 20.8 Å². The third kappa shape index (κ3) is 6.10. The van der Waals surface area contributed by atoms with Crippen molar-refractivity contribution in [2.45, 2.75) is 38.0 Å². The molecule has 0 aliphatic rings. The minimum absolute atomic E-state index is 0.00147. The largest absolute Gasteiger partial charge is 0.467 e. The highest BCUT2D eigenvalue weighted by Gasteiger charge is 2.23. The number of hydrogen-bond acceptors (Lipinski definition) is 5. The molecule has 0 aliphatic carbocycles. The number of H-pyrrole nitrogens is 1. The summed E-state index contributed by atoms with van der Waals surface area (Å²) in [6.07, 6.45) is 3.48. The fourth-order valence-electron chi connectivity index (χ4n) is 1.47. The lowest BCUT2D eigenvalue weighted by Gasteiger charge is -2.19. The van der Waals surface area contributed by atoms with E-state index in [0.29, 0.717) is 12.2 Å². The first kappa shape index (κ1) is 16.6. The lowest BCUT2D eigenvalue weighted by Crippen LogP contribution is -2.44. The number of carbonyl (C=O) groups excluding carboxylic acids is 2. The lowest BCUT2D eigenvalue weighted by atomic mass is 10.1. The zero-order chi connectivity index (χ0) is 15.2. The Labute approximate surface area is 123 Å². The van der Waals surface area contributed by atoms with Crippen LogP contribution in [0.25, 0.3) is 0 Å². The Bertz CT molecular complexity index is 440. The van der Waals surface area contributed by atoms with Gasteiger partial charge in [-0.05, 0) is 0 Å². The van der Waals surface area contributed by atoms with Gasteiger partial charge in [0.2, 0.25) is 5.91 Å². The molecule has 1 aromatic heterocycles. The molecule has 0 unspecified atom stereocenters. The average molecular weight is 299 g/mol. The van der Waals surface area contributed by atoms with Crippen LogP contribution < -0.4 is 5.32 Å². The van der Waals surface area contributed by atoms with Crippen molar-refractivity contribution in [3.8, 4) is 0 Å². The molecule has 7 heteroatoms. The molecule has 0 spiro atoms. The van der Waals surface area contributed by atoms with Crippen LogP contribution in [0.5, 0.6) is 0 Å². The molecule has 0 aromatic carbocycles. The molecule has 1 atom stereocenters. The molecule has 2 N–H and O–H groups in total. The fourth-order valence-corrected chi connectivity index (χ4v) is 2.12. The number of rotatable bonds is 6. The van der Waals surface area contributed by atoms with E-state index in [9.17, 15) is 9.59 Å². The molecule has 6 nitrogen and oxygen atoms in total. The minimum atomic E-state index is -0.700. The third-order valence-corrected chi connectivity index (χ3v) is 3.71. The van der Waals surface area contributed by atoms with Crippen molar-refractivity contribution in [2.75, 3.05) is 12.9 Å². The van der Waals surface area contributed by atoms with Crippen LogP contribution in [-0.4, -0.2) is 45.5 Å². The Morgan fingerprint density at radius 3 is 2.70 bits per heavy atom. The van der Waals surface area contributed by atoms with Gasteiger partial charge in [-0.15, -0.1) is 11.8 Å². The predicted octanol–water partition coefficient (Wildman–Crippen LogP) is 1.14. The number of amides is 1. The van der Waals surface area contributed by atoms with Gasteiger partial charge in [-0.25, -0.2) is 9.78 Å². The molecule has 0 fully saturated rings. The summed E-state index contributed by atoms with van der Waals surface area (Å²) in [5, 5.41) is 2.70. The number of carbonyl (C=O) groups is 2. The van der Waals surface area contributed by atoms with Crippen molar-refractivity contribution in [1.82, 2.24) is 15.3 Å². The first-order valence-corrected chi connectivity index (χ1v) is 7.29. The Balaban J connectivity index is 2.56. The minimum Gasteiger partial charge on any atom is -0.467 e. The van der Waals surface area contributed by atoms with E-state index in [1.54, 1.807) is 6.20 Å². The summed E-state index contributed by atoms with van der Waals surface area (Å²) in [5.74, 6) is -0.339. The number of thioether (sulfide) groups is 1.